The van der Waals surface area contributed by atoms with E-state index < -0.39 is 0 Å². The number of fused-ring (bicyclic) bond motifs is 1. The van der Waals surface area contributed by atoms with Gasteiger partial charge in [-0.05, 0) is 30.9 Å². The SMILES string of the molecule is C.c1nc2c(Nc3ccc(N4CCN(CC5CC5)CC4)nc3)ncc(-c3cn[nH]c3)n2n1. The van der Waals surface area contributed by atoms with Crippen molar-refractivity contribution in [1.29, 1.82) is 0 Å². The fraction of sp³-hybridized carbons (Fsp3) is 0.409. The van der Waals surface area contributed by atoms with Gasteiger partial charge in [0.25, 0.3) is 0 Å². The minimum Gasteiger partial charge on any atom is -0.354 e. The average molecular weight is 433 g/mol. The summed E-state index contributed by atoms with van der Waals surface area (Å²) in [6, 6.07) is 4.11. The molecule has 10 nitrogen and oxygen atoms in total. The van der Waals surface area contributed by atoms with E-state index in [0.29, 0.717) is 11.5 Å². The Kier molecular flexibility index (Phi) is 5.44. The number of nitrogens with zero attached hydrogens (tertiary/aromatic N) is 8. The van der Waals surface area contributed by atoms with Crippen molar-refractivity contribution in [2.24, 2.45) is 5.92 Å². The van der Waals surface area contributed by atoms with E-state index >= 15 is 0 Å². The van der Waals surface area contributed by atoms with Crippen LogP contribution >= 0.6 is 0 Å². The minimum absolute atomic E-state index is 0. The number of anilines is 3. The lowest BCUT2D eigenvalue weighted by molar-refractivity contribution is 0.247. The quantitative estimate of drug-likeness (QED) is 0.479. The molecule has 2 aliphatic rings. The Bertz CT molecular complexity index is 1160. The number of aromatic nitrogens is 7. The maximum absolute atomic E-state index is 4.68. The van der Waals surface area contributed by atoms with Gasteiger partial charge >= 0.3 is 0 Å². The summed E-state index contributed by atoms with van der Waals surface area (Å²) in [6.07, 6.45) is 11.5. The zero-order chi connectivity index (χ0) is 20.6. The van der Waals surface area contributed by atoms with E-state index in [0.717, 1.165) is 54.9 Å². The van der Waals surface area contributed by atoms with E-state index in [-0.39, 0.29) is 7.43 Å². The van der Waals surface area contributed by atoms with Gasteiger partial charge in [-0.15, -0.1) is 0 Å². The topological polar surface area (TPSA) is 103 Å². The molecule has 6 rings (SSSR count). The predicted molar refractivity (Wildman–Crippen MR) is 124 cm³/mol. The number of rotatable bonds is 6. The Labute approximate surface area is 186 Å². The number of piperazine rings is 1. The van der Waals surface area contributed by atoms with Gasteiger partial charge in [0.2, 0.25) is 0 Å². The van der Waals surface area contributed by atoms with Crippen molar-refractivity contribution in [3.63, 3.8) is 0 Å². The lowest BCUT2D eigenvalue weighted by Crippen LogP contribution is -2.47. The van der Waals surface area contributed by atoms with Crippen LogP contribution in [0, 0.1) is 5.92 Å². The fourth-order valence-electron chi connectivity index (χ4n) is 4.10. The van der Waals surface area contributed by atoms with Gasteiger partial charge in [-0.1, -0.05) is 7.43 Å². The van der Waals surface area contributed by atoms with Crippen LogP contribution in [-0.2, 0) is 0 Å². The number of H-pyrrole nitrogens is 1. The van der Waals surface area contributed by atoms with Crippen molar-refractivity contribution in [3.05, 3.63) is 43.2 Å². The Morgan fingerprint density at radius 1 is 1.00 bits per heavy atom. The molecule has 0 bridgehead atoms. The summed E-state index contributed by atoms with van der Waals surface area (Å²) < 4.78 is 1.75. The van der Waals surface area contributed by atoms with Gasteiger partial charge in [-0.25, -0.2) is 19.5 Å². The van der Waals surface area contributed by atoms with Gasteiger partial charge < -0.3 is 10.2 Å². The molecule has 0 aromatic carbocycles. The first-order chi connectivity index (χ1) is 15.3. The Hall–Kier alpha value is -3.53. The van der Waals surface area contributed by atoms with Gasteiger partial charge in [-0.2, -0.15) is 10.2 Å². The normalized spacial score (nSPS) is 16.8. The first-order valence-electron chi connectivity index (χ1n) is 10.7. The molecule has 1 aliphatic carbocycles. The van der Waals surface area contributed by atoms with E-state index in [1.807, 2.05) is 12.3 Å². The van der Waals surface area contributed by atoms with Crippen molar-refractivity contribution in [2.45, 2.75) is 20.3 Å². The Morgan fingerprint density at radius 2 is 1.88 bits per heavy atom. The number of aromatic amines is 1. The van der Waals surface area contributed by atoms with E-state index in [1.54, 1.807) is 23.1 Å². The molecule has 4 aromatic rings. The summed E-state index contributed by atoms with van der Waals surface area (Å²) >= 11 is 0. The van der Waals surface area contributed by atoms with Crippen LogP contribution in [0.4, 0.5) is 17.3 Å². The molecule has 1 saturated heterocycles. The van der Waals surface area contributed by atoms with Crippen molar-refractivity contribution < 1.29 is 0 Å². The predicted octanol–water partition coefficient (Wildman–Crippen LogP) is 2.82. The molecule has 166 valence electrons. The molecule has 1 aliphatic heterocycles. The van der Waals surface area contributed by atoms with Crippen molar-refractivity contribution in [2.75, 3.05) is 42.9 Å². The number of nitrogens with one attached hydrogen (secondary N) is 2. The summed E-state index contributed by atoms with van der Waals surface area (Å²) in [7, 11) is 0. The van der Waals surface area contributed by atoms with Crippen LogP contribution < -0.4 is 10.2 Å². The third kappa shape index (κ3) is 4.01. The molecule has 2 N–H and O–H groups in total. The maximum atomic E-state index is 4.68. The molecule has 0 radical (unpaired) electrons. The first-order valence-corrected chi connectivity index (χ1v) is 10.7. The van der Waals surface area contributed by atoms with Crippen molar-refractivity contribution >= 4 is 23.0 Å². The summed E-state index contributed by atoms with van der Waals surface area (Å²) in [6.45, 7) is 5.58. The van der Waals surface area contributed by atoms with Crippen LogP contribution in [0.25, 0.3) is 16.9 Å². The molecular formula is C22H28N10. The second kappa shape index (κ2) is 8.54. The highest BCUT2D eigenvalue weighted by Crippen LogP contribution is 2.30. The van der Waals surface area contributed by atoms with Gasteiger partial charge in [-0.3, -0.25) is 10.00 Å². The molecule has 0 unspecified atom stereocenters. The van der Waals surface area contributed by atoms with Crippen molar-refractivity contribution in [1.82, 2.24) is 39.7 Å². The molecular weight excluding hydrogens is 404 g/mol. The summed E-state index contributed by atoms with van der Waals surface area (Å²) in [5, 5.41) is 14.5. The zero-order valence-corrected chi connectivity index (χ0v) is 17.1. The van der Waals surface area contributed by atoms with E-state index in [2.05, 4.69) is 51.4 Å². The molecule has 0 atom stereocenters. The van der Waals surface area contributed by atoms with Gasteiger partial charge in [0.05, 0.1) is 30.0 Å². The van der Waals surface area contributed by atoms with E-state index in [9.17, 15) is 0 Å². The van der Waals surface area contributed by atoms with Crippen LogP contribution in [0.1, 0.15) is 20.3 Å². The molecule has 4 aromatic heterocycles. The third-order valence-electron chi connectivity index (χ3n) is 6.02. The van der Waals surface area contributed by atoms with E-state index in [1.165, 1.54) is 25.7 Å². The molecule has 32 heavy (non-hydrogen) atoms. The van der Waals surface area contributed by atoms with Gasteiger partial charge in [0.15, 0.2) is 11.5 Å². The highest BCUT2D eigenvalue weighted by Gasteiger charge is 2.26. The third-order valence-corrected chi connectivity index (χ3v) is 6.02. The molecule has 0 spiro atoms. The Balaban J connectivity index is 0.00000216. The number of hydrogen-bond donors (Lipinski definition) is 2. The van der Waals surface area contributed by atoms with Crippen LogP contribution in [0.2, 0.25) is 0 Å². The minimum atomic E-state index is 0. The molecule has 0 amide bonds. The second-order valence-electron chi connectivity index (χ2n) is 8.24. The smallest absolute Gasteiger partial charge is 0.199 e. The summed E-state index contributed by atoms with van der Waals surface area (Å²) in [5.74, 6) is 2.61. The Morgan fingerprint density at radius 3 is 2.59 bits per heavy atom. The molecule has 1 saturated carbocycles. The fourth-order valence-corrected chi connectivity index (χ4v) is 4.10. The second-order valence-corrected chi connectivity index (χ2v) is 8.24. The molecule has 10 heteroatoms. The molecule has 5 heterocycles. The average Bonchev–Trinajstić information content (AvgIpc) is 3.26. The first kappa shape index (κ1) is 20.4. The number of hydrogen-bond acceptors (Lipinski definition) is 8. The monoisotopic (exact) mass is 432 g/mol. The lowest BCUT2D eigenvalue weighted by atomic mass is 10.2. The van der Waals surface area contributed by atoms with Crippen LogP contribution in [0.5, 0.6) is 0 Å². The highest BCUT2D eigenvalue weighted by atomic mass is 15.3. The van der Waals surface area contributed by atoms with Gasteiger partial charge in [0.1, 0.15) is 12.1 Å². The van der Waals surface area contributed by atoms with Crippen LogP contribution in [0.15, 0.2) is 43.2 Å². The van der Waals surface area contributed by atoms with Crippen molar-refractivity contribution in [3.8, 4) is 11.3 Å². The number of pyridine rings is 1. The van der Waals surface area contributed by atoms with E-state index in [4.69, 9.17) is 0 Å². The van der Waals surface area contributed by atoms with Crippen LogP contribution in [-0.4, -0.2) is 72.4 Å². The maximum Gasteiger partial charge on any atom is 0.199 e. The van der Waals surface area contributed by atoms with Crippen LogP contribution in [0.3, 0.4) is 0 Å². The lowest BCUT2D eigenvalue weighted by Gasteiger charge is -2.35. The summed E-state index contributed by atoms with van der Waals surface area (Å²) in [4.78, 5) is 18.6. The van der Waals surface area contributed by atoms with Gasteiger partial charge in [0, 0.05) is 44.5 Å². The molecule has 2 fully saturated rings. The summed E-state index contributed by atoms with van der Waals surface area (Å²) in [5.41, 5.74) is 3.23. The largest absolute Gasteiger partial charge is 0.354 e. The zero-order valence-electron chi connectivity index (χ0n) is 17.1. The highest BCUT2D eigenvalue weighted by molar-refractivity contribution is 5.73. The standard InChI is InChI=1S/C21H24N10.CH4/c1-2-15(1)13-29-5-7-30(8-6-29)19-4-3-17(11-22-19)28-20-21-24-14-27-31(21)18(12-23-20)16-9-25-26-10-16;/h3-4,9-12,14-15H,1-2,5-8,13H2,(H,23,28)(H,25,26);1H4.